The molecule has 110 valence electrons. The number of amides is 1. The fourth-order valence-electron chi connectivity index (χ4n) is 1.91. The SMILES string of the molecule is NCc1ccccc1NC(=O)CCS(=O)c1ccccc1. The summed E-state index contributed by atoms with van der Waals surface area (Å²) >= 11 is 0. The van der Waals surface area contributed by atoms with Crippen molar-refractivity contribution in [3.8, 4) is 0 Å². The third-order valence-corrected chi connectivity index (χ3v) is 4.40. The standard InChI is InChI=1S/C16H18N2O2S/c17-12-13-6-4-5-9-15(13)18-16(19)10-11-21(20)14-7-2-1-3-8-14/h1-9H,10-12,17H2,(H,18,19). The molecule has 21 heavy (non-hydrogen) atoms. The van der Waals surface area contributed by atoms with Crippen LogP contribution in [0.3, 0.4) is 0 Å². The van der Waals surface area contributed by atoms with Crippen molar-refractivity contribution in [2.75, 3.05) is 11.1 Å². The van der Waals surface area contributed by atoms with Crippen molar-refractivity contribution in [2.24, 2.45) is 5.73 Å². The molecule has 0 heterocycles. The zero-order valence-electron chi connectivity index (χ0n) is 11.6. The van der Waals surface area contributed by atoms with Crippen LogP contribution in [-0.2, 0) is 22.1 Å². The van der Waals surface area contributed by atoms with E-state index >= 15 is 0 Å². The Kier molecular flexibility index (Phi) is 5.66. The topological polar surface area (TPSA) is 72.2 Å². The normalized spacial score (nSPS) is 11.9. The highest BCUT2D eigenvalue weighted by Gasteiger charge is 2.09. The summed E-state index contributed by atoms with van der Waals surface area (Å²) in [4.78, 5) is 12.7. The predicted octanol–water partition coefficient (Wildman–Crippen LogP) is 2.28. The first-order chi connectivity index (χ1) is 10.2. The second-order valence-corrected chi connectivity index (χ2v) is 6.09. The van der Waals surface area contributed by atoms with E-state index in [1.165, 1.54) is 0 Å². The number of anilines is 1. The van der Waals surface area contributed by atoms with E-state index in [0.29, 0.717) is 12.3 Å². The third-order valence-electron chi connectivity index (χ3n) is 3.03. The number of carbonyl (C=O) groups excluding carboxylic acids is 1. The number of hydrogen-bond donors (Lipinski definition) is 2. The molecule has 0 aliphatic heterocycles. The van der Waals surface area contributed by atoms with Gasteiger partial charge in [-0.2, -0.15) is 0 Å². The Hall–Kier alpha value is -1.98. The molecule has 1 atom stereocenters. The Morgan fingerprint density at radius 1 is 1.05 bits per heavy atom. The maximum atomic E-state index is 12.0. The fourth-order valence-corrected chi connectivity index (χ4v) is 2.98. The van der Waals surface area contributed by atoms with Gasteiger partial charge in [-0.3, -0.25) is 9.00 Å². The Morgan fingerprint density at radius 3 is 2.43 bits per heavy atom. The van der Waals surface area contributed by atoms with E-state index in [4.69, 9.17) is 5.73 Å². The number of rotatable bonds is 6. The van der Waals surface area contributed by atoms with Crippen LogP contribution >= 0.6 is 0 Å². The molecule has 0 aliphatic rings. The van der Waals surface area contributed by atoms with Crippen LogP contribution in [-0.4, -0.2) is 15.9 Å². The lowest BCUT2D eigenvalue weighted by atomic mass is 10.2. The fraction of sp³-hybridized carbons (Fsp3) is 0.188. The van der Waals surface area contributed by atoms with Crippen LogP contribution in [0.15, 0.2) is 59.5 Å². The Bertz CT molecular complexity index is 629. The molecule has 3 N–H and O–H groups in total. The minimum Gasteiger partial charge on any atom is -0.326 e. The molecule has 2 aromatic carbocycles. The van der Waals surface area contributed by atoms with Crippen molar-refractivity contribution >= 4 is 22.4 Å². The van der Waals surface area contributed by atoms with E-state index in [9.17, 15) is 9.00 Å². The Labute approximate surface area is 126 Å². The first kappa shape index (κ1) is 15.4. The van der Waals surface area contributed by atoms with Gasteiger partial charge in [0.1, 0.15) is 0 Å². The van der Waals surface area contributed by atoms with E-state index < -0.39 is 10.8 Å². The van der Waals surface area contributed by atoms with Gasteiger partial charge in [-0.05, 0) is 23.8 Å². The van der Waals surface area contributed by atoms with Gasteiger partial charge >= 0.3 is 0 Å². The molecule has 1 unspecified atom stereocenters. The van der Waals surface area contributed by atoms with Gasteiger partial charge in [0.15, 0.2) is 0 Å². The number of hydrogen-bond acceptors (Lipinski definition) is 3. The first-order valence-corrected chi connectivity index (χ1v) is 8.04. The molecule has 0 bridgehead atoms. The largest absolute Gasteiger partial charge is 0.326 e. The van der Waals surface area contributed by atoms with Crippen molar-refractivity contribution in [1.82, 2.24) is 0 Å². The second-order valence-electron chi connectivity index (χ2n) is 4.52. The smallest absolute Gasteiger partial charge is 0.225 e. The van der Waals surface area contributed by atoms with Crippen LogP contribution in [0.4, 0.5) is 5.69 Å². The van der Waals surface area contributed by atoms with Gasteiger partial charge in [0, 0.05) is 29.3 Å². The van der Waals surface area contributed by atoms with Gasteiger partial charge in [0.05, 0.1) is 10.8 Å². The molecule has 2 aromatic rings. The van der Waals surface area contributed by atoms with Crippen LogP contribution < -0.4 is 11.1 Å². The summed E-state index contributed by atoms with van der Waals surface area (Å²) in [6.07, 6.45) is 0.209. The maximum absolute atomic E-state index is 12.0. The molecule has 0 saturated carbocycles. The molecule has 0 radical (unpaired) electrons. The van der Waals surface area contributed by atoms with Gasteiger partial charge in [-0.15, -0.1) is 0 Å². The number of nitrogens with one attached hydrogen (secondary N) is 1. The average Bonchev–Trinajstić information content (AvgIpc) is 2.54. The molecular weight excluding hydrogens is 284 g/mol. The lowest BCUT2D eigenvalue weighted by molar-refractivity contribution is -0.115. The second kappa shape index (κ2) is 7.71. The van der Waals surface area contributed by atoms with Gasteiger partial charge in [-0.1, -0.05) is 36.4 Å². The molecule has 1 amide bonds. The number of para-hydroxylation sites is 1. The van der Waals surface area contributed by atoms with Gasteiger partial charge in [-0.25, -0.2) is 0 Å². The minimum absolute atomic E-state index is 0.153. The van der Waals surface area contributed by atoms with E-state index in [1.54, 1.807) is 12.1 Å². The number of benzene rings is 2. The van der Waals surface area contributed by atoms with Gasteiger partial charge in [0.25, 0.3) is 0 Å². The zero-order chi connectivity index (χ0) is 15.1. The van der Waals surface area contributed by atoms with E-state index in [2.05, 4.69) is 5.32 Å². The Morgan fingerprint density at radius 2 is 1.71 bits per heavy atom. The van der Waals surface area contributed by atoms with Crippen molar-refractivity contribution in [3.63, 3.8) is 0 Å². The van der Waals surface area contributed by atoms with Crippen molar-refractivity contribution in [3.05, 3.63) is 60.2 Å². The minimum atomic E-state index is -1.15. The quantitative estimate of drug-likeness (QED) is 0.860. The zero-order valence-corrected chi connectivity index (χ0v) is 12.4. The summed E-state index contributed by atoms with van der Waals surface area (Å²) in [5.41, 5.74) is 7.23. The number of nitrogens with two attached hydrogens (primary N) is 1. The van der Waals surface area contributed by atoms with Crippen LogP contribution in [0, 0.1) is 0 Å². The molecule has 0 fully saturated rings. The van der Waals surface area contributed by atoms with E-state index in [0.717, 1.165) is 16.1 Å². The molecule has 2 rings (SSSR count). The summed E-state index contributed by atoms with van der Waals surface area (Å²) in [6.45, 7) is 0.367. The molecular formula is C16H18N2O2S. The highest BCUT2D eigenvalue weighted by Crippen LogP contribution is 2.14. The summed E-state index contributed by atoms with van der Waals surface area (Å²) in [6, 6.07) is 16.6. The summed E-state index contributed by atoms with van der Waals surface area (Å²) < 4.78 is 12.0. The monoisotopic (exact) mass is 302 g/mol. The highest BCUT2D eigenvalue weighted by atomic mass is 32.2. The first-order valence-electron chi connectivity index (χ1n) is 6.72. The lowest BCUT2D eigenvalue weighted by Gasteiger charge is -2.09. The highest BCUT2D eigenvalue weighted by molar-refractivity contribution is 7.85. The Balaban J connectivity index is 1.89. The van der Waals surface area contributed by atoms with Crippen molar-refractivity contribution < 1.29 is 9.00 Å². The maximum Gasteiger partial charge on any atom is 0.225 e. The van der Waals surface area contributed by atoms with E-state index in [1.807, 2.05) is 42.5 Å². The van der Waals surface area contributed by atoms with Crippen molar-refractivity contribution in [2.45, 2.75) is 17.9 Å². The average molecular weight is 302 g/mol. The lowest BCUT2D eigenvalue weighted by Crippen LogP contribution is -2.16. The van der Waals surface area contributed by atoms with Crippen LogP contribution in [0.5, 0.6) is 0 Å². The third kappa shape index (κ3) is 4.51. The number of carbonyl (C=O) groups is 1. The molecule has 4 nitrogen and oxygen atoms in total. The summed E-state index contributed by atoms with van der Waals surface area (Å²) in [7, 11) is -1.15. The van der Waals surface area contributed by atoms with Crippen LogP contribution in [0.25, 0.3) is 0 Å². The molecule has 5 heteroatoms. The van der Waals surface area contributed by atoms with Gasteiger partial charge in [0.2, 0.25) is 5.91 Å². The van der Waals surface area contributed by atoms with E-state index in [-0.39, 0.29) is 12.3 Å². The van der Waals surface area contributed by atoms with Crippen LogP contribution in [0.2, 0.25) is 0 Å². The summed E-state index contributed by atoms with van der Waals surface area (Å²) in [5, 5.41) is 2.81. The molecule has 0 spiro atoms. The van der Waals surface area contributed by atoms with Gasteiger partial charge < -0.3 is 11.1 Å². The summed E-state index contributed by atoms with van der Waals surface area (Å²) in [5.74, 6) is 0.154. The molecule has 0 aromatic heterocycles. The molecule has 0 saturated heterocycles. The van der Waals surface area contributed by atoms with Crippen LogP contribution in [0.1, 0.15) is 12.0 Å². The molecule has 0 aliphatic carbocycles. The predicted molar refractivity (Wildman–Crippen MR) is 85.3 cm³/mol. The van der Waals surface area contributed by atoms with Crippen molar-refractivity contribution in [1.29, 1.82) is 0 Å².